The van der Waals surface area contributed by atoms with Crippen molar-refractivity contribution >= 4 is 22.8 Å². The molecule has 110 valence electrons. The Kier molecular flexibility index (Phi) is 8.97. The number of thioether (sulfide) groups is 1. The molecule has 0 spiro atoms. The highest BCUT2D eigenvalue weighted by molar-refractivity contribution is 8.14. The molecule has 0 unspecified atom stereocenters. The Bertz CT molecular complexity index is 277. The van der Waals surface area contributed by atoms with Crippen LogP contribution in [0, 0.1) is 5.41 Å². The van der Waals surface area contributed by atoms with Crippen molar-refractivity contribution in [3.63, 3.8) is 0 Å². The van der Waals surface area contributed by atoms with Crippen molar-refractivity contribution in [1.29, 1.82) is 5.41 Å². The summed E-state index contributed by atoms with van der Waals surface area (Å²) in [6.07, 6.45) is 10.4. The van der Waals surface area contributed by atoms with Gasteiger partial charge < -0.3 is 4.90 Å². The molecule has 0 atom stereocenters. The molecule has 1 aliphatic heterocycles. The van der Waals surface area contributed by atoms with E-state index in [9.17, 15) is 0 Å². The van der Waals surface area contributed by atoms with Gasteiger partial charge in [0.2, 0.25) is 0 Å². The van der Waals surface area contributed by atoms with Gasteiger partial charge in [-0.15, -0.1) is 0 Å². The highest BCUT2D eigenvalue weighted by Gasteiger charge is 2.18. The molecule has 3 nitrogen and oxygen atoms in total. The van der Waals surface area contributed by atoms with Gasteiger partial charge in [-0.2, -0.15) is 0 Å². The lowest BCUT2D eigenvalue weighted by Gasteiger charge is -2.23. The van der Waals surface area contributed by atoms with Crippen LogP contribution in [0.15, 0.2) is 4.99 Å². The molecule has 0 aromatic heterocycles. The maximum Gasteiger partial charge on any atom is 0.166 e. The van der Waals surface area contributed by atoms with E-state index in [1.165, 1.54) is 51.4 Å². The SMILES string of the molecule is CCCCCCN(CCCCCC)C1=NC(=N)CS1. The van der Waals surface area contributed by atoms with E-state index < -0.39 is 0 Å². The first-order valence-electron chi connectivity index (χ1n) is 7.81. The van der Waals surface area contributed by atoms with Crippen molar-refractivity contribution in [1.82, 2.24) is 4.90 Å². The molecule has 1 rings (SSSR count). The molecule has 1 N–H and O–H groups in total. The number of unbranched alkanes of at least 4 members (excludes halogenated alkanes) is 6. The Morgan fingerprint density at radius 2 is 1.58 bits per heavy atom. The lowest BCUT2D eigenvalue weighted by molar-refractivity contribution is 0.393. The van der Waals surface area contributed by atoms with Crippen LogP contribution in [0.3, 0.4) is 0 Å². The second kappa shape index (κ2) is 10.3. The third-order valence-electron chi connectivity index (χ3n) is 3.40. The molecule has 0 amide bonds. The van der Waals surface area contributed by atoms with Crippen LogP contribution >= 0.6 is 11.8 Å². The van der Waals surface area contributed by atoms with Gasteiger partial charge in [-0.25, -0.2) is 4.99 Å². The third kappa shape index (κ3) is 7.00. The lowest BCUT2D eigenvalue weighted by Crippen LogP contribution is -2.30. The number of nitrogens with zero attached hydrogens (tertiary/aromatic N) is 2. The van der Waals surface area contributed by atoms with E-state index in [1.807, 2.05) is 0 Å². The molecular formula is C15H29N3S. The normalized spacial score (nSPS) is 14.8. The van der Waals surface area contributed by atoms with E-state index in [-0.39, 0.29) is 0 Å². The average Bonchev–Trinajstić information content (AvgIpc) is 2.83. The fraction of sp³-hybridized carbons (Fsp3) is 0.867. The Balaban J connectivity index is 2.34. The monoisotopic (exact) mass is 283 g/mol. The van der Waals surface area contributed by atoms with Gasteiger partial charge in [0.25, 0.3) is 0 Å². The fourth-order valence-corrected chi connectivity index (χ4v) is 3.11. The van der Waals surface area contributed by atoms with Gasteiger partial charge in [0.1, 0.15) is 5.84 Å². The predicted octanol–water partition coefficient (Wildman–Crippen LogP) is 4.53. The zero-order chi connectivity index (χ0) is 13.9. The van der Waals surface area contributed by atoms with Crippen LogP contribution < -0.4 is 0 Å². The average molecular weight is 283 g/mol. The number of hydrogen-bond donors (Lipinski definition) is 1. The van der Waals surface area contributed by atoms with Crippen LogP contribution in [-0.2, 0) is 0 Å². The third-order valence-corrected chi connectivity index (χ3v) is 4.43. The summed E-state index contributed by atoms with van der Waals surface area (Å²) in [6, 6.07) is 0. The number of nitrogens with one attached hydrogen (secondary N) is 1. The van der Waals surface area contributed by atoms with Crippen molar-refractivity contribution in [3.05, 3.63) is 0 Å². The summed E-state index contributed by atoms with van der Waals surface area (Å²) in [4.78, 5) is 6.79. The van der Waals surface area contributed by atoms with E-state index >= 15 is 0 Å². The Hall–Kier alpha value is -0.510. The van der Waals surface area contributed by atoms with E-state index in [0.717, 1.165) is 24.0 Å². The van der Waals surface area contributed by atoms with Crippen LogP contribution in [0.2, 0.25) is 0 Å². The van der Waals surface area contributed by atoms with E-state index in [1.54, 1.807) is 11.8 Å². The molecule has 4 heteroatoms. The minimum absolute atomic E-state index is 0.534. The number of amidine groups is 2. The first kappa shape index (κ1) is 16.5. The zero-order valence-corrected chi connectivity index (χ0v) is 13.4. The smallest absolute Gasteiger partial charge is 0.166 e. The molecule has 0 aromatic rings. The summed E-state index contributed by atoms with van der Waals surface area (Å²) in [5.74, 6) is 1.29. The van der Waals surface area contributed by atoms with Crippen LogP contribution in [0.1, 0.15) is 65.2 Å². The minimum atomic E-state index is 0.534. The highest BCUT2D eigenvalue weighted by atomic mass is 32.2. The molecular weight excluding hydrogens is 254 g/mol. The maximum atomic E-state index is 7.62. The summed E-state index contributed by atoms with van der Waals surface area (Å²) >= 11 is 1.74. The molecule has 1 heterocycles. The molecule has 0 saturated heterocycles. The van der Waals surface area contributed by atoms with E-state index in [2.05, 4.69) is 23.7 Å². The van der Waals surface area contributed by atoms with E-state index in [0.29, 0.717) is 5.84 Å². The zero-order valence-electron chi connectivity index (χ0n) is 12.6. The molecule has 0 bridgehead atoms. The molecule has 0 saturated carbocycles. The molecule has 0 aromatic carbocycles. The van der Waals surface area contributed by atoms with Gasteiger partial charge in [0.05, 0.1) is 5.75 Å². The Morgan fingerprint density at radius 1 is 1.00 bits per heavy atom. The fourth-order valence-electron chi connectivity index (χ4n) is 2.24. The topological polar surface area (TPSA) is 39.5 Å². The summed E-state index contributed by atoms with van der Waals surface area (Å²) in [7, 11) is 0. The quantitative estimate of drug-likeness (QED) is 0.598. The Morgan fingerprint density at radius 3 is 2.00 bits per heavy atom. The second-order valence-electron chi connectivity index (χ2n) is 5.24. The highest BCUT2D eigenvalue weighted by Crippen LogP contribution is 2.18. The number of aliphatic imine (C=N–C) groups is 1. The lowest BCUT2D eigenvalue weighted by atomic mass is 10.2. The number of hydrogen-bond acceptors (Lipinski definition) is 3. The molecule has 1 aliphatic rings. The standard InChI is InChI=1S/C15H29N3S/c1-3-5-7-9-11-18(12-10-8-6-4-2)15-17-14(16)13-19-15/h16H,3-13H2,1-2H3. The molecule has 0 aliphatic carbocycles. The van der Waals surface area contributed by atoms with Crippen LogP contribution in [0.4, 0.5) is 0 Å². The summed E-state index contributed by atoms with van der Waals surface area (Å²) in [5.41, 5.74) is 0. The molecule has 0 radical (unpaired) electrons. The van der Waals surface area contributed by atoms with Crippen molar-refractivity contribution in [2.75, 3.05) is 18.8 Å². The molecule has 0 fully saturated rings. The van der Waals surface area contributed by atoms with Gasteiger partial charge in [-0.1, -0.05) is 64.1 Å². The largest absolute Gasteiger partial charge is 0.351 e. The van der Waals surface area contributed by atoms with Crippen molar-refractivity contribution < 1.29 is 0 Å². The second-order valence-corrected chi connectivity index (χ2v) is 6.18. The minimum Gasteiger partial charge on any atom is -0.351 e. The van der Waals surface area contributed by atoms with Gasteiger partial charge in [0, 0.05) is 13.1 Å². The summed E-state index contributed by atoms with van der Waals surface area (Å²) in [5, 5.41) is 8.72. The van der Waals surface area contributed by atoms with Gasteiger partial charge >= 0.3 is 0 Å². The van der Waals surface area contributed by atoms with Crippen LogP contribution in [0.25, 0.3) is 0 Å². The van der Waals surface area contributed by atoms with Gasteiger partial charge in [-0.3, -0.25) is 5.41 Å². The summed E-state index contributed by atoms with van der Waals surface area (Å²) < 4.78 is 0. The number of rotatable bonds is 10. The van der Waals surface area contributed by atoms with Crippen molar-refractivity contribution in [2.45, 2.75) is 65.2 Å². The first-order valence-corrected chi connectivity index (χ1v) is 8.80. The van der Waals surface area contributed by atoms with E-state index in [4.69, 9.17) is 5.41 Å². The van der Waals surface area contributed by atoms with Gasteiger partial charge in [-0.05, 0) is 12.8 Å². The van der Waals surface area contributed by atoms with Crippen LogP contribution in [0.5, 0.6) is 0 Å². The summed E-state index contributed by atoms with van der Waals surface area (Å²) in [6.45, 7) is 6.73. The maximum absolute atomic E-state index is 7.62. The first-order chi connectivity index (χ1) is 9.27. The van der Waals surface area contributed by atoms with Gasteiger partial charge in [0.15, 0.2) is 5.17 Å². The Labute approximate surface area is 122 Å². The van der Waals surface area contributed by atoms with Crippen LogP contribution in [-0.4, -0.2) is 34.7 Å². The van der Waals surface area contributed by atoms with Crippen molar-refractivity contribution in [2.24, 2.45) is 4.99 Å². The van der Waals surface area contributed by atoms with Crippen molar-refractivity contribution in [3.8, 4) is 0 Å². The molecule has 19 heavy (non-hydrogen) atoms. The predicted molar refractivity (Wildman–Crippen MR) is 87.5 cm³/mol.